The fraction of sp³-hybridized carbons (Fsp3) is 0.833. The van der Waals surface area contributed by atoms with Crippen molar-refractivity contribution in [3.05, 3.63) is 0 Å². The molecule has 0 aromatic carbocycles. The molecule has 1 rings (SSSR count). The normalized spacial score (nSPS) is 20.4. The Morgan fingerprint density at radius 1 is 1.35 bits per heavy atom. The molecular formula is C12H21NO6S. The van der Waals surface area contributed by atoms with Crippen LogP contribution in [0.25, 0.3) is 0 Å². The summed E-state index contributed by atoms with van der Waals surface area (Å²) < 4.78 is 34.8. The maximum absolute atomic E-state index is 12.1. The number of hydrogen-bond acceptors (Lipinski definition) is 6. The summed E-state index contributed by atoms with van der Waals surface area (Å²) in [5, 5.41) is 0. The van der Waals surface area contributed by atoms with Crippen LogP contribution in [0.2, 0.25) is 0 Å². The fourth-order valence-corrected chi connectivity index (χ4v) is 3.59. The molecule has 1 heterocycles. The van der Waals surface area contributed by atoms with Crippen molar-refractivity contribution in [2.24, 2.45) is 5.92 Å². The van der Waals surface area contributed by atoms with Crippen molar-refractivity contribution < 1.29 is 27.5 Å². The zero-order valence-electron chi connectivity index (χ0n) is 11.8. The molecule has 0 N–H and O–H groups in total. The maximum Gasteiger partial charge on any atom is 0.310 e. The molecule has 0 amide bonds. The lowest BCUT2D eigenvalue weighted by molar-refractivity contribution is -0.149. The Morgan fingerprint density at radius 2 is 2.05 bits per heavy atom. The highest BCUT2D eigenvalue weighted by Gasteiger charge is 2.33. The van der Waals surface area contributed by atoms with Crippen LogP contribution in [0.15, 0.2) is 0 Å². The predicted octanol–water partition coefficient (Wildman–Crippen LogP) is 0.154. The summed E-state index contributed by atoms with van der Waals surface area (Å²) in [5.74, 6) is -1.64. The van der Waals surface area contributed by atoms with Gasteiger partial charge in [0.25, 0.3) is 0 Å². The zero-order valence-corrected chi connectivity index (χ0v) is 12.6. The summed E-state index contributed by atoms with van der Waals surface area (Å²) in [4.78, 5) is 22.7. The number of carbonyl (C=O) groups excluding carboxylic acids is 2. The molecule has 7 nitrogen and oxygen atoms in total. The van der Waals surface area contributed by atoms with Gasteiger partial charge < -0.3 is 9.47 Å². The number of rotatable bonds is 6. The van der Waals surface area contributed by atoms with Gasteiger partial charge in [-0.05, 0) is 19.8 Å². The van der Waals surface area contributed by atoms with E-state index in [9.17, 15) is 18.0 Å². The lowest BCUT2D eigenvalue weighted by Gasteiger charge is -2.30. The van der Waals surface area contributed by atoms with E-state index in [0.29, 0.717) is 19.4 Å². The van der Waals surface area contributed by atoms with Crippen LogP contribution in [-0.2, 0) is 29.1 Å². The molecule has 1 atom stereocenters. The van der Waals surface area contributed by atoms with Gasteiger partial charge in [-0.3, -0.25) is 9.59 Å². The molecule has 116 valence electrons. The lowest BCUT2D eigenvalue weighted by Crippen LogP contribution is -2.43. The largest absolute Gasteiger partial charge is 0.469 e. The average molecular weight is 307 g/mol. The van der Waals surface area contributed by atoms with Gasteiger partial charge in [0.1, 0.15) is 0 Å². The monoisotopic (exact) mass is 307 g/mol. The van der Waals surface area contributed by atoms with E-state index in [1.165, 1.54) is 11.4 Å². The van der Waals surface area contributed by atoms with Crippen molar-refractivity contribution in [3.8, 4) is 0 Å². The molecule has 20 heavy (non-hydrogen) atoms. The molecule has 0 aliphatic carbocycles. The number of ether oxygens (including phenoxy) is 2. The van der Waals surface area contributed by atoms with E-state index in [4.69, 9.17) is 4.74 Å². The first-order valence-electron chi connectivity index (χ1n) is 6.62. The second kappa shape index (κ2) is 7.58. The Bertz CT molecular complexity index is 447. The van der Waals surface area contributed by atoms with Gasteiger partial charge in [-0.15, -0.1) is 0 Å². The molecule has 0 unspecified atom stereocenters. The highest BCUT2D eigenvalue weighted by Crippen LogP contribution is 2.21. The molecule has 1 aliphatic rings. The SMILES string of the molecule is CCOC(=O)[C@H]1CCCN(S(=O)(=O)CCC(=O)OC)C1. The van der Waals surface area contributed by atoms with Crippen LogP contribution in [-0.4, -0.2) is 57.2 Å². The molecule has 0 bridgehead atoms. The van der Waals surface area contributed by atoms with Crippen LogP contribution >= 0.6 is 0 Å². The van der Waals surface area contributed by atoms with Gasteiger partial charge in [0.15, 0.2) is 0 Å². The Kier molecular flexibility index (Phi) is 6.41. The van der Waals surface area contributed by atoms with Crippen molar-refractivity contribution in [2.45, 2.75) is 26.2 Å². The van der Waals surface area contributed by atoms with Gasteiger partial charge in [-0.1, -0.05) is 0 Å². The van der Waals surface area contributed by atoms with Crippen LogP contribution in [0.5, 0.6) is 0 Å². The Hall–Kier alpha value is -1.15. The van der Waals surface area contributed by atoms with Crippen molar-refractivity contribution in [1.82, 2.24) is 4.31 Å². The van der Waals surface area contributed by atoms with Gasteiger partial charge in [-0.2, -0.15) is 0 Å². The van der Waals surface area contributed by atoms with E-state index in [1.807, 2.05) is 0 Å². The van der Waals surface area contributed by atoms with Crippen molar-refractivity contribution in [3.63, 3.8) is 0 Å². The van der Waals surface area contributed by atoms with Crippen LogP contribution in [0.3, 0.4) is 0 Å². The van der Waals surface area contributed by atoms with Crippen LogP contribution in [0.1, 0.15) is 26.2 Å². The second-order valence-electron chi connectivity index (χ2n) is 4.59. The van der Waals surface area contributed by atoms with E-state index in [1.54, 1.807) is 6.92 Å². The first kappa shape index (κ1) is 16.9. The molecule has 0 radical (unpaired) electrons. The van der Waals surface area contributed by atoms with Gasteiger partial charge in [0.05, 0.1) is 31.8 Å². The van der Waals surface area contributed by atoms with Gasteiger partial charge in [0.2, 0.25) is 10.0 Å². The summed E-state index contributed by atoms with van der Waals surface area (Å²) in [6, 6.07) is 0. The summed E-state index contributed by atoms with van der Waals surface area (Å²) in [6.07, 6.45) is 1.06. The maximum atomic E-state index is 12.1. The smallest absolute Gasteiger partial charge is 0.310 e. The van der Waals surface area contributed by atoms with E-state index in [2.05, 4.69) is 4.74 Å². The molecule has 0 aromatic rings. The molecule has 0 aromatic heterocycles. The predicted molar refractivity (Wildman–Crippen MR) is 71.3 cm³/mol. The molecule has 1 fully saturated rings. The number of nitrogens with zero attached hydrogens (tertiary/aromatic N) is 1. The standard InChI is InChI=1S/C12H21NO6S/c1-3-19-12(15)10-5-4-7-13(9-10)20(16,17)8-6-11(14)18-2/h10H,3-9H2,1-2H3/t10-/m0/s1. The second-order valence-corrected chi connectivity index (χ2v) is 6.68. The van der Waals surface area contributed by atoms with Gasteiger partial charge in [0, 0.05) is 13.1 Å². The third-order valence-electron chi connectivity index (χ3n) is 3.19. The van der Waals surface area contributed by atoms with Crippen molar-refractivity contribution in [1.29, 1.82) is 0 Å². The number of piperidine rings is 1. The van der Waals surface area contributed by atoms with Crippen LogP contribution < -0.4 is 0 Å². The molecule has 0 spiro atoms. The summed E-state index contributed by atoms with van der Waals surface area (Å²) >= 11 is 0. The Morgan fingerprint density at radius 3 is 2.65 bits per heavy atom. The molecule has 1 saturated heterocycles. The van der Waals surface area contributed by atoms with E-state index >= 15 is 0 Å². The highest BCUT2D eigenvalue weighted by atomic mass is 32.2. The third-order valence-corrected chi connectivity index (χ3v) is 5.03. The van der Waals surface area contributed by atoms with Crippen molar-refractivity contribution in [2.75, 3.05) is 32.6 Å². The molecule has 8 heteroatoms. The van der Waals surface area contributed by atoms with E-state index in [0.717, 1.165) is 0 Å². The highest BCUT2D eigenvalue weighted by molar-refractivity contribution is 7.89. The number of sulfonamides is 1. The summed E-state index contributed by atoms with van der Waals surface area (Å²) in [7, 11) is -2.33. The van der Waals surface area contributed by atoms with E-state index in [-0.39, 0.29) is 31.3 Å². The summed E-state index contributed by atoms with van der Waals surface area (Å²) in [6.45, 7) is 2.50. The van der Waals surface area contributed by atoms with Crippen LogP contribution in [0, 0.1) is 5.92 Å². The minimum atomic E-state index is -3.55. The molecule has 1 aliphatic heterocycles. The Balaban J connectivity index is 2.61. The number of methoxy groups -OCH3 is 1. The minimum Gasteiger partial charge on any atom is -0.469 e. The zero-order chi connectivity index (χ0) is 15.2. The lowest BCUT2D eigenvalue weighted by atomic mass is 10.0. The van der Waals surface area contributed by atoms with Gasteiger partial charge >= 0.3 is 11.9 Å². The topological polar surface area (TPSA) is 90.0 Å². The number of hydrogen-bond donors (Lipinski definition) is 0. The van der Waals surface area contributed by atoms with E-state index < -0.39 is 21.9 Å². The summed E-state index contributed by atoms with van der Waals surface area (Å²) in [5.41, 5.74) is 0. The molecular weight excluding hydrogens is 286 g/mol. The van der Waals surface area contributed by atoms with Crippen molar-refractivity contribution >= 4 is 22.0 Å². The minimum absolute atomic E-state index is 0.127. The molecule has 0 saturated carbocycles. The third kappa shape index (κ3) is 4.75. The number of carbonyl (C=O) groups is 2. The Labute approximate surface area is 119 Å². The van der Waals surface area contributed by atoms with Crippen LogP contribution in [0.4, 0.5) is 0 Å². The van der Waals surface area contributed by atoms with Gasteiger partial charge in [-0.25, -0.2) is 12.7 Å². The first-order chi connectivity index (χ1) is 9.40. The number of esters is 2. The quantitative estimate of drug-likeness (QED) is 0.649. The fourth-order valence-electron chi connectivity index (χ4n) is 2.09. The average Bonchev–Trinajstić information content (AvgIpc) is 2.45. The first-order valence-corrected chi connectivity index (χ1v) is 8.23.